The van der Waals surface area contributed by atoms with Gasteiger partial charge in [0.2, 0.25) is 0 Å². The van der Waals surface area contributed by atoms with Gasteiger partial charge in [-0.25, -0.2) is 14.2 Å². The minimum absolute atomic E-state index is 0.341. The molecule has 180 valence electrons. The number of carbonyl (C=O) groups is 1. The van der Waals surface area contributed by atoms with Crippen molar-refractivity contribution in [1.82, 2.24) is 19.3 Å². The molecule has 1 aliphatic rings. The van der Waals surface area contributed by atoms with Crippen molar-refractivity contribution >= 4 is 22.5 Å². The maximum atomic E-state index is 13.3. The minimum atomic E-state index is -0.445. The first-order chi connectivity index (χ1) is 17.6. The van der Waals surface area contributed by atoms with Gasteiger partial charge >= 0.3 is 0 Å². The van der Waals surface area contributed by atoms with E-state index in [1.165, 1.54) is 12.4 Å². The molecule has 2 aromatic carbocycles. The quantitative estimate of drug-likeness (QED) is 0.419. The number of nitrogens with zero attached hydrogens (tertiary/aromatic N) is 4. The van der Waals surface area contributed by atoms with E-state index in [4.69, 9.17) is 14.6 Å². The standard InChI is InChI=1S/C27H23N5O4/c1-2-20-24(17-7-4-3-5-8-17)25-28-16-19-21(32(25)29-20)11-12-31(27(19)34)30-26(33)18-9-10-22-23(15-18)36-14-6-13-35-22/h3-5,7-12,15-16H,2,6,13-14H2,1H3,(H,30,33). The Labute approximate surface area is 205 Å². The van der Waals surface area contributed by atoms with E-state index < -0.39 is 11.5 Å². The second-order valence-corrected chi connectivity index (χ2v) is 8.48. The van der Waals surface area contributed by atoms with Crippen molar-refractivity contribution in [1.29, 1.82) is 0 Å². The lowest BCUT2D eigenvalue weighted by Crippen LogP contribution is -2.33. The molecule has 0 atom stereocenters. The number of nitrogens with one attached hydrogen (secondary N) is 1. The largest absolute Gasteiger partial charge is 0.490 e. The number of aryl methyl sites for hydroxylation is 1. The number of fused-ring (bicyclic) bond motifs is 4. The maximum Gasteiger partial charge on any atom is 0.280 e. The van der Waals surface area contributed by atoms with Crippen LogP contribution in [0.15, 0.2) is 71.8 Å². The number of benzene rings is 2. The summed E-state index contributed by atoms with van der Waals surface area (Å²) in [5, 5.41) is 5.10. The highest BCUT2D eigenvalue weighted by Gasteiger charge is 2.19. The Hall–Kier alpha value is -4.66. The summed E-state index contributed by atoms with van der Waals surface area (Å²) in [7, 11) is 0. The van der Waals surface area contributed by atoms with Gasteiger partial charge in [-0.05, 0) is 36.2 Å². The molecule has 1 amide bonds. The predicted octanol–water partition coefficient (Wildman–Crippen LogP) is 3.82. The zero-order chi connectivity index (χ0) is 24.6. The molecule has 3 aromatic heterocycles. The summed E-state index contributed by atoms with van der Waals surface area (Å²) in [6, 6.07) is 16.7. The maximum absolute atomic E-state index is 13.3. The molecule has 0 unspecified atom stereocenters. The summed E-state index contributed by atoms with van der Waals surface area (Å²) in [4.78, 5) is 30.8. The van der Waals surface area contributed by atoms with Crippen molar-refractivity contribution in [3.8, 4) is 22.6 Å². The molecule has 5 aromatic rings. The minimum Gasteiger partial charge on any atom is -0.490 e. The van der Waals surface area contributed by atoms with Gasteiger partial charge in [0.1, 0.15) is 0 Å². The highest BCUT2D eigenvalue weighted by Crippen LogP contribution is 2.31. The van der Waals surface area contributed by atoms with Crippen molar-refractivity contribution in [3.05, 3.63) is 88.6 Å². The van der Waals surface area contributed by atoms with Crippen molar-refractivity contribution in [3.63, 3.8) is 0 Å². The number of carbonyl (C=O) groups excluding carboxylic acids is 1. The third-order valence-corrected chi connectivity index (χ3v) is 6.21. The molecule has 0 saturated carbocycles. The SMILES string of the molecule is CCc1nn2c(ncc3c(=O)n(NC(=O)c4ccc5c(c4)OCCCO5)ccc32)c1-c1ccccc1. The average molecular weight is 482 g/mol. The lowest BCUT2D eigenvalue weighted by molar-refractivity contribution is 0.101. The lowest BCUT2D eigenvalue weighted by atomic mass is 10.0. The number of ether oxygens (including phenoxy) is 2. The van der Waals surface area contributed by atoms with Gasteiger partial charge in [0.25, 0.3) is 11.5 Å². The number of aromatic nitrogens is 4. The van der Waals surface area contributed by atoms with Crippen LogP contribution in [-0.4, -0.2) is 38.4 Å². The van der Waals surface area contributed by atoms with Crippen LogP contribution in [-0.2, 0) is 6.42 Å². The van der Waals surface area contributed by atoms with Gasteiger partial charge in [-0.3, -0.25) is 15.0 Å². The fraction of sp³-hybridized carbons (Fsp3) is 0.185. The number of pyridine rings is 1. The Morgan fingerprint density at radius 1 is 1.06 bits per heavy atom. The number of amides is 1. The summed E-state index contributed by atoms with van der Waals surface area (Å²) in [5.74, 6) is 0.666. The molecule has 0 fully saturated rings. The molecule has 9 nitrogen and oxygen atoms in total. The smallest absolute Gasteiger partial charge is 0.280 e. The molecule has 4 heterocycles. The van der Waals surface area contributed by atoms with E-state index in [1.54, 1.807) is 28.8 Å². The van der Waals surface area contributed by atoms with Gasteiger partial charge in [0.15, 0.2) is 17.1 Å². The lowest BCUT2D eigenvalue weighted by Gasteiger charge is -2.12. The van der Waals surface area contributed by atoms with Gasteiger partial charge in [-0.15, -0.1) is 0 Å². The van der Waals surface area contributed by atoms with Crippen LogP contribution in [0.1, 0.15) is 29.4 Å². The summed E-state index contributed by atoms with van der Waals surface area (Å²) in [6.45, 7) is 3.12. The Kier molecular flexibility index (Phi) is 5.37. The van der Waals surface area contributed by atoms with Gasteiger partial charge in [-0.1, -0.05) is 37.3 Å². The number of rotatable bonds is 4. The third kappa shape index (κ3) is 3.65. The van der Waals surface area contributed by atoms with E-state index in [0.29, 0.717) is 46.8 Å². The van der Waals surface area contributed by atoms with E-state index in [2.05, 4.69) is 10.4 Å². The van der Waals surface area contributed by atoms with Crippen LogP contribution < -0.4 is 20.5 Å². The van der Waals surface area contributed by atoms with E-state index >= 15 is 0 Å². The van der Waals surface area contributed by atoms with Crippen LogP contribution in [0.3, 0.4) is 0 Å². The molecule has 0 saturated heterocycles. The van der Waals surface area contributed by atoms with Crippen molar-refractivity contribution in [2.45, 2.75) is 19.8 Å². The highest BCUT2D eigenvalue weighted by atomic mass is 16.5. The predicted molar refractivity (Wildman–Crippen MR) is 135 cm³/mol. The number of hydrogen-bond donors (Lipinski definition) is 1. The molecule has 6 rings (SSSR count). The molecule has 1 N–H and O–H groups in total. The molecule has 0 bridgehead atoms. The van der Waals surface area contributed by atoms with Gasteiger partial charge in [0.05, 0.1) is 29.8 Å². The highest BCUT2D eigenvalue weighted by molar-refractivity contribution is 6.00. The Bertz CT molecular complexity index is 1670. The Balaban J connectivity index is 1.38. The first kappa shape index (κ1) is 21.8. The second kappa shape index (κ2) is 8.84. The summed E-state index contributed by atoms with van der Waals surface area (Å²) in [6.07, 6.45) is 4.56. The summed E-state index contributed by atoms with van der Waals surface area (Å²) < 4.78 is 14.2. The normalized spacial score (nSPS) is 13.0. The van der Waals surface area contributed by atoms with Crippen LogP contribution in [0.2, 0.25) is 0 Å². The molecule has 0 spiro atoms. The van der Waals surface area contributed by atoms with Crippen LogP contribution in [0.5, 0.6) is 11.5 Å². The fourth-order valence-corrected chi connectivity index (χ4v) is 4.43. The van der Waals surface area contributed by atoms with E-state index in [9.17, 15) is 9.59 Å². The first-order valence-electron chi connectivity index (χ1n) is 11.8. The van der Waals surface area contributed by atoms with Crippen LogP contribution >= 0.6 is 0 Å². The van der Waals surface area contributed by atoms with Gasteiger partial charge in [0, 0.05) is 29.9 Å². The van der Waals surface area contributed by atoms with Crippen molar-refractivity contribution in [2.75, 3.05) is 18.6 Å². The molecule has 36 heavy (non-hydrogen) atoms. The van der Waals surface area contributed by atoms with Crippen LogP contribution in [0.25, 0.3) is 27.7 Å². The van der Waals surface area contributed by atoms with E-state index in [0.717, 1.165) is 34.3 Å². The number of hydrogen-bond acceptors (Lipinski definition) is 6. The third-order valence-electron chi connectivity index (χ3n) is 6.21. The molecule has 0 aliphatic carbocycles. The summed E-state index contributed by atoms with van der Waals surface area (Å²) in [5.41, 5.74) is 6.77. The first-order valence-corrected chi connectivity index (χ1v) is 11.8. The van der Waals surface area contributed by atoms with Gasteiger partial charge < -0.3 is 9.47 Å². The molecule has 1 aliphatic heterocycles. The molecular weight excluding hydrogens is 458 g/mol. The van der Waals surface area contributed by atoms with Gasteiger partial charge in [-0.2, -0.15) is 5.10 Å². The van der Waals surface area contributed by atoms with Crippen molar-refractivity contribution < 1.29 is 14.3 Å². The average Bonchev–Trinajstić information content (AvgIpc) is 3.13. The van der Waals surface area contributed by atoms with Crippen LogP contribution in [0.4, 0.5) is 0 Å². The second-order valence-electron chi connectivity index (χ2n) is 8.48. The van der Waals surface area contributed by atoms with Crippen molar-refractivity contribution in [2.24, 2.45) is 0 Å². The zero-order valence-corrected chi connectivity index (χ0v) is 19.6. The Morgan fingerprint density at radius 3 is 2.67 bits per heavy atom. The van der Waals surface area contributed by atoms with E-state index in [1.807, 2.05) is 37.3 Å². The monoisotopic (exact) mass is 481 g/mol. The fourth-order valence-electron chi connectivity index (χ4n) is 4.43. The molecular formula is C27H23N5O4. The molecule has 9 heteroatoms. The van der Waals surface area contributed by atoms with E-state index in [-0.39, 0.29) is 0 Å². The zero-order valence-electron chi connectivity index (χ0n) is 19.6. The summed E-state index contributed by atoms with van der Waals surface area (Å²) >= 11 is 0. The molecule has 0 radical (unpaired) electrons. The van der Waals surface area contributed by atoms with Crippen LogP contribution in [0, 0.1) is 0 Å². The Morgan fingerprint density at radius 2 is 1.86 bits per heavy atom. The topological polar surface area (TPSA) is 99.8 Å².